The third-order valence-electron chi connectivity index (χ3n) is 3.95. The van der Waals surface area contributed by atoms with Crippen LogP contribution >= 0.6 is 0 Å². The van der Waals surface area contributed by atoms with Gasteiger partial charge in [-0.05, 0) is 24.6 Å². The molecule has 3 rings (SSSR count). The Bertz CT molecular complexity index is 933. The van der Waals surface area contributed by atoms with E-state index in [4.69, 9.17) is 14.3 Å². The van der Waals surface area contributed by atoms with Crippen LogP contribution in [0.3, 0.4) is 0 Å². The molecule has 0 aliphatic carbocycles. The molecule has 2 aromatic heterocycles. The smallest absolute Gasteiger partial charge is 0.304 e. The minimum Gasteiger partial charge on any atom is -0.490 e. The molecule has 1 atom stereocenters. The largest absolute Gasteiger partial charge is 0.490 e. The van der Waals surface area contributed by atoms with Crippen molar-refractivity contribution in [1.29, 1.82) is 0 Å². The number of aliphatic carboxylic acids is 1. The van der Waals surface area contributed by atoms with E-state index in [0.29, 0.717) is 34.5 Å². The van der Waals surface area contributed by atoms with Crippen LogP contribution < -0.4 is 4.74 Å². The molecule has 1 unspecified atom stereocenters. The van der Waals surface area contributed by atoms with Gasteiger partial charge in [-0.3, -0.25) is 19.9 Å². The summed E-state index contributed by atoms with van der Waals surface area (Å²) in [6.45, 7) is 1.79. The number of carboxylic acids is 1. The zero-order valence-corrected chi connectivity index (χ0v) is 13.5. The molecule has 0 saturated carbocycles. The number of hydrogen-bond donors (Lipinski definition) is 1. The van der Waals surface area contributed by atoms with Crippen molar-refractivity contribution in [2.24, 2.45) is 0 Å². The first-order valence-corrected chi connectivity index (χ1v) is 7.76. The van der Waals surface area contributed by atoms with Gasteiger partial charge in [-0.15, -0.1) is 0 Å². The highest BCUT2D eigenvalue weighted by Crippen LogP contribution is 2.40. The fourth-order valence-electron chi connectivity index (χ4n) is 3.01. The maximum atomic E-state index is 11.2. The van der Waals surface area contributed by atoms with E-state index >= 15 is 0 Å². The monoisotopic (exact) mass is 344 g/mol. The molecule has 3 aromatic rings. The van der Waals surface area contributed by atoms with Gasteiger partial charge in [0.1, 0.15) is 0 Å². The summed E-state index contributed by atoms with van der Waals surface area (Å²) < 4.78 is 11.4. The van der Waals surface area contributed by atoms with Crippen LogP contribution in [0.25, 0.3) is 21.9 Å². The number of fused-ring (bicyclic) bond motifs is 3. The quantitative estimate of drug-likeness (QED) is 0.516. The van der Waals surface area contributed by atoms with Crippen molar-refractivity contribution in [2.45, 2.75) is 19.3 Å². The lowest BCUT2D eigenvalue weighted by molar-refractivity contribution is -0.483. The Hall–Kier alpha value is -3.16. The lowest BCUT2D eigenvalue weighted by Crippen LogP contribution is -2.16. The molecule has 0 bridgehead atoms. The molecule has 0 amide bonds. The van der Waals surface area contributed by atoms with Crippen LogP contribution in [0, 0.1) is 10.1 Å². The average molecular weight is 344 g/mol. The van der Waals surface area contributed by atoms with E-state index < -0.39 is 23.4 Å². The van der Waals surface area contributed by atoms with Crippen LogP contribution in [0.5, 0.6) is 5.75 Å². The van der Waals surface area contributed by atoms with Crippen molar-refractivity contribution in [3.8, 4) is 5.75 Å². The number of furan rings is 1. The van der Waals surface area contributed by atoms with E-state index in [9.17, 15) is 14.9 Å². The zero-order valence-electron chi connectivity index (χ0n) is 13.5. The number of hydrogen-bond acceptors (Lipinski definition) is 6. The summed E-state index contributed by atoms with van der Waals surface area (Å²) in [6.07, 6.45) is 2.80. The number of benzene rings is 1. The van der Waals surface area contributed by atoms with Crippen molar-refractivity contribution in [1.82, 2.24) is 4.98 Å². The summed E-state index contributed by atoms with van der Waals surface area (Å²) in [7, 11) is 0. The first kappa shape index (κ1) is 16.7. The number of aromatic nitrogens is 1. The molecule has 0 saturated heterocycles. The van der Waals surface area contributed by atoms with Crippen molar-refractivity contribution in [3.05, 3.63) is 46.3 Å². The maximum Gasteiger partial charge on any atom is 0.304 e. The van der Waals surface area contributed by atoms with Gasteiger partial charge in [0.25, 0.3) is 0 Å². The number of nitrogens with zero attached hydrogens (tertiary/aromatic N) is 2. The highest BCUT2D eigenvalue weighted by Gasteiger charge is 2.26. The molecular weight excluding hydrogens is 328 g/mol. The molecule has 130 valence electrons. The Morgan fingerprint density at radius 3 is 2.92 bits per heavy atom. The molecule has 2 heterocycles. The fourth-order valence-corrected chi connectivity index (χ4v) is 3.01. The average Bonchev–Trinajstić information content (AvgIpc) is 2.94. The van der Waals surface area contributed by atoms with Gasteiger partial charge in [0.15, 0.2) is 16.9 Å². The molecule has 8 heteroatoms. The molecule has 0 radical (unpaired) electrons. The van der Waals surface area contributed by atoms with Crippen LogP contribution in [0.15, 0.2) is 35.0 Å². The number of pyridine rings is 1. The molecule has 0 fully saturated rings. The summed E-state index contributed by atoms with van der Waals surface area (Å²) in [6, 6.07) is 5.08. The standard InChI is InChI=1S/C17H16N2O6/c1-2-24-13-4-3-11(10(7-15(20)21)9-19(22)23)16-12-5-6-18-8-14(12)25-17(13)16/h3-6,8,10H,2,7,9H2,1H3,(H,20,21). The summed E-state index contributed by atoms with van der Waals surface area (Å²) in [5.74, 6) is -1.37. The van der Waals surface area contributed by atoms with E-state index in [2.05, 4.69) is 4.98 Å². The number of ether oxygens (including phenoxy) is 1. The molecule has 8 nitrogen and oxygen atoms in total. The van der Waals surface area contributed by atoms with Gasteiger partial charge >= 0.3 is 5.97 Å². The minimum absolute atomic E-state index is 0.345. The Morgan fingerprint density at radius 1 is 1.44 bits per heavy atom. The van der Waals surface area contributed by atoms with E-state index in [1.807, 2.05) is 6.92 Å². The highest BCUT2D eigenvalue weighted by atomic mass is 16.6. The summed E-state index contributed by atoms with van der Waals surface area (Å²) >= 11 is 0. The predicted octanol–water partition coefficient (Wildman–Crippen LogP) is 3.21. The van der Waals surface area contributed by atoms with Crippen LogP contribution in [0.4, 0.5) is 0 Å². The molecule has 1 N–H and O–H groups in total. The van der Waals surface area contributed by atoms with Crippen molar-refractivity contribution in [2.75, 3.05) is 13.2 Å². The third kappa shape index (κ3) is 3.23. The van der Waals surface area contributed by atoms with Crippen LogP contribution in [0.2, 0.25) is 0 Å². The van der Waals surface area contributed by atoms with E-state index in [1.54, 1.807) is 30.6 Å². The Morgan fingerprint density at radius 2 is 2.24 bits per heavy atom. The maximum absolute atomic E-state index is 11.2. The number of rotatable bonds is 7. The first-order valence-electron chi connectivity index (χ1n) is 7.76. The van der Waals surface area contributed by atoms with Crippen LogP contribution in [0.1, 0.15) is 24.8 Å². The molecule has 0 spiro atoms. The second-order valence-electron chi connectivity index (χ2n) is 5.57. The second-order valence-corrected chi connectivity index (χ2v) is 5.57. The van der Waals surface area contributed by atoms with Crippen molar-refractivity contribution in [3.63, 3.8) is 0 Å². The summed E-state index contributed by atoms with van der Waals surface area (Å²) in [5.41, 5.74) is 1.52. The topological polar surface area (TPSA) is 116 Å². The van der Waals surface area contributed by atoms with E-state index in [0.717, 1.165) is 5.39 Å². The Labute approximate surface area is 142 Å². The molecule has 0 aliphatic heterocycles. The van der Waals surface area contributed by atoms with Gasteiger partial charge < -0.3 is 14.3 Å². The van der Waals surface area contributed by atoms with Crippen LogP contribution in [-0.4, -0.2) is 34.1 Å². The van der Waals surface area contributed by atoms with Gasteiger partial charge in [0, 0.05) is 21.9 Å². The van der Waals surface area contributed by atoms with Crippen molar-refractivity contribution < 1.29 is 24.0 Å². The van der Waals surface area contributed by atoms with Gasteiger partial charge in [-0.25, -0.2) is 0 Å². The van der Waals surface area contributed by atoms with Gasteiger partial charge in [-0.1, -0.05) is 6.07 Å². The molecule has 0 aliphatic rings. The third-order valence-corrected chi connectivity index (χ3v) is 3.95. The van der Waals surface area contributed by atoms with E-state index in [-0.39, 0.29) is 6.42 Å². The number of carboxylic acid groups (broad SMARTS) is 1. The molecular formula is C17H16N2O6. The van der Waals surface area contributed by atoms with Gasteiger partial charge in [0.05, 0.1) is 25.1 Å². The van der Waals surface area contributed by atoms with Gasteiger partial charge in [-0.2, -0.15) is 0 Å². The van der Waals surface area contributed by atoms with Gasteiger partial charge in [0.2, 0.25) is 6.54 Å². The predicted molar refractivity (Wildman–Crippen MR) is 89.5 cm³/mol. The molecule has 1 aromatic carbocycles. The first-order chi connectivity index (χ1) is 12.0. The Kier molecular flexibility index (Phi) is 4.51. The summed E-state index contributed by atoms with van der Waals surface area (Å²) in [5, 5.41) is 21.5. The highest BCUT2D eigenvalue weighted by molar-refractivity contribution is 6.08. The normalized spacial score (nSPS) is 12.4. The lowest BCUT2D eigenvalue weighted by atomic mass is 9.91. The van der Waals surface area contributed by atoms with Crippen LogP contribution in [-0.2, 0) is 4.79 Å². The van der Waals surface area contributed by atoms with E-state index in [1.165, 1.54) is 0 Å². The van der Waals surface area contributed by atoms with Crippen molar-refractivity contribution >= 4 is 27.9 Å². The number of nitro groups is 1. The fraction of sp³-hybridized carbons (Fsp3) is 0.294. The SMILES string of the molecule is CCOc1ccc(C(CC(=O)O)C[N+](=O)[O-])c2c1oc1cnccc12. The second kappa shape index (κ2) is 6.76. The lowest BCUT2D eigenvalue weighted by Gasteiger charge is -2.14. The zero-order chi connectivity index (χ0) is 18.0. The minimum atomic E-state index is -1.09. The summed E-state index contributed by atoms with van der Waals surface area (Å²) in [4.78, 5) is 25.7. The number of carbonyl (C=O) groups is 1. The Balaban J connectivity index is 2.27. The molecule has 25 heavy (non-hydrogen) atoms.